The fourth-order valence-electron chi connectivity index (χ4n) is 0.543. The number of hydrogen-bond acceptors (Lipinski definition) is 7. The van der Waals surface area contributed by atoms with Gasteiger partial charge in [0.2, 0.25) is 0 Å². The van der Waals surface area contributed by atoms with E-state index in [0.717, 1.165) is 0 Å². The molecule has 0 aliphatic carbocycles. The first-order valence-corrected chi connectivity index (χ1v) is 6.69. The van der Waals surface area contributed by atoms with Crippen LogP contribution in [0.5, 0.6) is 0 Å². The summed E-state index contributed by atoms with van der Waals surface area (Å²) in [6, 6.07) is 0. The second-order valence-corrected chi connectivity index (χ2v) is 4.57. The minimum absolute atomic E-state index is 0.00667. The molecule has 7 nitrogen and oxygen atoms in total. The molecule has 0 radical (unpaired) electrons. The Hall–Kier alpha value is -0.280. The summed E-state index contributed by atoms with van der Waals surface area (Å²) in [6.45, 7) is 6.81. The normalized spacial score (nSPS) is 15.9. The quantitative estimate of drug-likeness (QED) is 0.351. The Labute approximate surface area is 121 Å². The monoisotopic (exact) mass is 300 g/mol. The van der Waals surface area contributed by atoms with Crippen LogP contribution in [0.25, 0.3) is 0 Å². The van der Waals surface area contributed by atoms with Crippen molar-refractivity contribution in [3.8, 4) is 0 Å². The van der Waals surface area contributed by atoms with Crippen LogP contribution >= 0.6 is 0 Å². The maximum atomic E-state index is 8.69. The first kappa shape index (κ1) is 24.7. The van der Waals surface area contributed by atoms with Gasteiger partial charge in [0.1, 0.15) is 0 Å². The van der Waals surface area contributed by atoms with E-state index in [1.165, 1.54) is 6.92 Å². The number of aliphatic hydroxyl groups excluding tert-OH is 6. The fourth-order valence-corrected chi connectivity index (χ4v) is 0.543. The molecule has 126 valence electrons. The molecule has 0 aliphatic heterocycles. The molecule has 0 spiro atoms. The van der Waals surface area contributed by atoms with Crippen molar-refractivity contribution < 1.29 is 35.4 Å². The van der Waals surface area contributed by atoms with Crippen molar-refractivity contribution in [2.24, 2.45) is 0 Å². The second-order valence-electron chi connectivity index (χ2n) is 4.57. The van der Waals surface area contributed by atoms with Crippen molar-refractivity contribution in [3.63, 3.8) is 0 Å². The fraction of sp³-hybridized carbons (Fsp3) is 1.00. The first-order chi connectivity index (χ1) is 9.20. The van der Waals surface area contributed by atoms with Crippen LogP contribution in [0.4, 0.5) is 0 Å². The highest BCUT2D eigenvalue weighted by molar-refractivity contribution is 4.47. The van der Waals surface area contributed by atoms with Crippen LogP contribution in [0.15, 0.2) is 0 Å². The lowest BCUT2D eigenvalue weighted by Gasteiger charge is -2.10. The van der Waals surface area contributed by atoms with Gasteiger partial charge in [0.05, 0.1) is 44.2 Å². The highest BCUT2D eigenvalue weighted by Crippen LogP contribution is 1.90. The van der Waals surface area contributed by atoms with E-state index >= 15 is 0 Å². The number of hydrogen-bond donors (Lipinski definition) is 6. The third-order valence-corrected chi connectivity index (χ3v) is 1.69. The summed E-state index contributed by atoms with van der Waals surface area (Å²) in [4.78, 5) is 0. The van der Waals surface area contributed by atoms with Gasteiger partial charge in [0.25, 0.3) is 0 Å². The molecule has 0 aromatic heterocycles. The topological polar surface area (TPSA) is 131 Å². The van der Waals surface area contributed by atoms with E-state index in [-0.39, 0.29) is 32.0 Å². The average Bonchev–Trinajstić information content (AvgIpc) is 2.37. The van der Waals surface area contributed by atoms with E-state index in [9.17, 15) is 0 Å². The molecule has 6 N–H and O–H groups in total. The molecule has 0 saturated carbocycles. The van der Waals surface area contributed by atoms with E-state index in [0.29, 0.717) is 13.0 Å². The zero-order valence-corrected chi connectivity index (χ0v) is 12.9. The molecule has 0 amide bonds. The van der Waals surface area contributed by atoms with Crippen molar-refractivity contribution in [3.05, 3.63) is 0 Å². The van der Waals surface area contributed by atoms with Crippen molar-refractivity contribution in [2.45, 2.75) is 58.5 Å². The Balaban J connectivity index is -0.000000230. The summed E-state index contributed by atoms with van der Waals surface area (Å²) >= 11 is 0. The van der Waals surface area contributed by atoms with Crippen molar-refractivity contribution in [1.82, 2.24) is 0 Å². The molecule has 4 unspecified atom stereocenters. The van der Waals surface area contributed by atoms with Gasteiger partial charge in [-0.05, 0) is 34.1 Å². The van der Waals surface area contributed by atoms with Gasteiger partial charge >= 0.3 is 0 Å². The Kier molecular flexibility index (Phi) is 23.1. The maximum absolute atomic E-state index is 8.69. The van der Waals surface area contributed by atoms with Gasteiger partial charge in [-0.15, -0.1) is 0 Å². The van der Waals surface area contributed by atoms with Gasteiger partial charge in [-0.1, -0.05) is 0 Å². The molecule has 0 fully saturated rings. The Morgan fingerprint density at radius 3 is 1.35 bits per heavy atom. The Morgan fingerprint density at radius 1 is 0.750 bits per heavy atom. The molecular formula is C13H32O7. The van der Waals surface area contributed by atoms with Crippen LogP contribution in [0.2, 0.25) is 0 Å². The van der Waals surface area contributed by atoms with Gasteiger partial charge in [-0.3, -0.25) is 0 Å². The van der Waals surface area contributed by atoms with Gasteiger partial charge in [-0.25, -0.2) is 0 Å². The average molecular weight is 300 g/mol. The maximum Gasteiger partial charge on any atom is 0.0779 e. The number of ether oxygens (including phenoxy) is 1. The number of aliphatic hydroxyl groups is 6. The first-order valence-electron chi connectivity index (χ1n) is 6.69. The largest absolute Gasteiger partial charge is 0.396 e. The van der Waals surface area contributed by atoms with Crippen LogP contribution in [0.1, 0.15) is 34.1 Å². The molecule has 0 bridgehead atoms. The summed E-state index contributed by atoms with van der Waals surface area (Å²) in [5.74, 6) is 0. The molecule has 20 heavy (non-hydrogen) atoms. The third kappa shape index (κ3) is 36.1. The molecular weight excluding hydrogens is 268 g/mol. The Bertz CT molecular complexity index is 163. The zero-order chi connectivity index (χ0) is 16.6. The molecule has 0 aromatic carbocycles. The number of rotatable bonds is 7. The van der Waals surface area contributed by atoms with E-state index < -0.39 is 12.2 Å². The molecule has 0 aromatic rings. The Morgan fingerprint density at radius 2 is 1.20 bits per heavy atom. The molecule has 7 heteroatoms. The van der Waals surface area contributed by atoms with Crippen molar-refractivity contribution in [1.29, 1.82) is 0 Å². The van der Waals surface area contributed by atoms with E-state index in [4.69, 9.17) is 35.4 Å². The van der Waals surface area contributed by atoms with E-state index in [2.05, 4.69) is 0 Å². The van der Waals surface area contributed by atoms with Gasteiger partial charge in [0.15, 0.2) is 0 Å². The summed E-state index contributed by atoms with van der Waals surface area (Å²) in [5.41, 5.74) is 0. The lowest BCUT2D eigenvalue weighted by Crippen LogP contribution is -2.19. The van der Waals surface area contributed by atoms with E-state index in [1.54, 1.807) is 20.8 Å². The minimum atomic E-state index is -0.560. The minimum Gasteiger partial charge on any atom is -0.396 e. The highest BCUT2D eigenvalue weighted by atomic mass is 16.5. The van der Waals surface area contributed by atoms with Gasteiger partial charge in [-0.2, -0.15) is 0 Å². The highest BCUT2D eigenvalue weighted by Gasteiger charge is 2.00. The van der Waals surface area contributed by atoms with Gasteiger partial charge < -0.3 is 35.4 Å². The molecule has 0 heterocycles. The lowest BCUT2D eigenvalue weighted by molar-refractivity contribution is -0.0177. The van der Waals surface area contributed by atoms with Crippen LogP contribution in [-0.2, 0) is 4.74 Å². The van der Waals surface area contributed by atoms with Crippen LogP contribution < -0.4 is 0 Å². The van der Waals surface area contributed by atoms with Crippen molar-refractivity contribution in [2.75, 3.05) is 26.4 Å². The summed E-state index contributed by atoms with van der Waals surface area (Å²) in [7, 11) is 0. The van der Waals surface area contributed by atoms with Crippen LogP contribution in [-0.4, -0.2) is 81.5 Å². The lowest BCUT2D eigenvalue weighted by atomic mass is 10.3. The SMILES string of the molecule is CC(O)CCO.CC(O)CO.CC(O)COC(C)CO. The molecule has 0 rings (SSSR count). The summed E-state index contributed by atoms with van der Waals surface area (Å²) in [6.07, 6.45) is -1.04. The van der Waals surface area contributed by atoms with Crippen molar-refractivity contribution >= 4 is 0 Å². The molecule has 4 atom stereocenters. The van der Waals surface area contributed by atoms with E-state index in [1.807, 2.05) is 0 Å². The summed E-state index contributed by atoms with van der Waals surface area (Å²) < 4.78 is 4.95. The third-order valence-electron chi connectivity index (χ3n) is 1.69. The standard InChI is InChI=1S/C6H14O3.C4H10O2.C3H8O2/c1-5(8)4-9-6(2)3-7;1-4(6)2-3-5;1-3(5)2-4/h5-8H,3-4H2,1-2H3;4-6H,2-3H2,1H3;3-5H,2H2,1H3. The molecule has 0 saturated heterocycles. The van der Waals surface area contributed by atoms with Crippen LogP contribution in [0, 0.1) is 0 Å². The van der Waals surface area contributed by atoms with Gasteiger partial charge in [0, 0.05) is 6.61 Å². The molecule has 0 aliphatic rings. The zero-order valence-electron chi connectivity index (χ0n) is 12.9. The predicted molar refractivity (Wildman–Crippen MR) is 76.3 cm³/mol. The summed E-state index contributed by atoms with van der Waals surface area (Å²) in [5, 5.41) is 49.6. The second kappa shape index (κ2) is 18.7. The predicted octanol–water partition coefficient (Wildman–Crippen LogP) is -1.13. The smallest absolute Gasteiger partial charge is 0.0779 e. The van der Waals surface area contributed by atoms with Crippen LogP contribution in [0.3, 0.4) is 0 Å².